The number of rotatable bonds is 6. The number of ether oxygens (including phenoxy) is 1. The Kier molecular flexibility index (Phi) is 5.78. The lowest BCUT2D eigenvalue weighted by molar-refractivity contribution is -0.151. The van der Waals surface area contributed by atoms with Crippen molar-refractivity contribution in [1.29, 1.82) is 0 Å². The number of hydrogen-bond acceptors (Lipinski definition) is 5. The Morgan fingerprint density at radius 1 is 1.26 bits per heavy atom. The van der Waals surface area contributed by atoms with Crippen LogP contribution in [0.3, 0.4) is 0 Å². The van der Waals surface area contributed by atoms with E-state index in [1.54, 1.807) is 0 Å². The van der Waals surface area contributed by atoms with Crippen LogP contribution in [-0.2, 0) is 22.6 Å². The van der Waals surface area contributed by atoms with Crippen LogP contribution >= 0.6 is 0 Å². The molecular formula is C20H24N2O5. The van der Waals surface area contributed by atoms with Gasteiger partial charge in [-0.2, -0.15) is 0 Å². The van der Waals surface area contributed by atoms with Crippen LogP contribution in [0.4, 0.5) is 0 Å². The summed E-state index contributed by atoms with van der Waals surface area (Å²) in [5.41, 5.74) is 2.57. The largest absolute Gasteiger partial charge is 0.489 e. The number of benzene rings is 1. The highest BCUT2D eigenvalue weighted by Gasteiger charge is 2.31. The summed E-state index contributed by atoms with van der Waals surface area (Å²) in [6.45, 7) is 4.59. The third-order valence-electron chi connectivity index (χ3n) is 4.95. The van der Waals surface area contributed by atoms with Gasteiger partial charge in [-0.25, -0.2) is 4.79 Å². The van der Waals surface area contributed by atoms with E-state index in [4.69, 9.17) is 9.26 Å². The highest BCUT2D eigenvalue weighted by atomic mass is 16.5. The molecule has 2 aromatic rings. The normalized spacial score (nSPS) is 17.0. The fourth-order valence-corrected chi connectivity index (χ4v) is 3.33. The van der Waals surface area contributed by atoms with Gasteiger partial charge in [-0.3, -0.25) is 4.79 Å². The van der Waals surface area contributed by atoms with E-state index in [1.165, 1.54) is 4.90 Å². The molecule has 7 heteroatoms. The van der Waals surface area contributed by atoms with Crippen molar-refractivity contribution in [2.75, 3.05) is 6.54 Å². The Morgan fingerprint density at radius 3 is 2.63 bits per heavy atom. The number of aryl methyl sites for hydroxylation is 2. The van der Waals surface area contributed by atoms with Crippen LogP contribution in [0.1, 0.15) is 41.8 Å². The molecule has 27 heavy (non-hydrogen) atoms. The van der Waals surface area contributed by atoms with E-state index in [9.17, 15) is 14.7 Å². The average molecular weight is 372 g/mol. The number of carboxylic acids is 1. The highest BCUT2D eigenvalue weighted by Crippen LogP contribution is 2.21. The lowest BCUT2D eigenvalue weighted by atomic mass is 10.0. The van der Waals surface area contributed by atoms with Crippen LogP contribution in [-0.4, -0.2) is 39.6 Å². The van der Waals surface area contributed by atoms with Gasteiger partial charge in [0.15, 0.2) is 0 Å². The molecule has 0 spiro atoms. The predicted octanol–water partition coefficient (Wildman–Crippen LogP) is 2.88. The number of nitrogens with zero attached hydrogens (tertiary/aromatic N) is 2. The summed E-state index contributed by atoms with van der Waals surface area (Å²) in [6, 6.07) is 6.58. The van der Waals surface area contributed by atoms with Crippen LogP contribution in [0.2, 0.25) is 0 Å². The fourth-order valence-electron chi connectivity index (χ4n) is 3.33. The van der Waals surface area contributed by atoms with Crippen molar-refractivity contribution in [3.8, 4) is 5.75 Å². The fraction of sp³-hybridized carbons (Fsp3) is 0.450. The molecule has 1 fully saturated rings. The average Bonchev–Trinajstić information content (AvgIpc) is 2.99. The number of likely N-dealkylation sites (tertiary alicyclic amines) is 1. The van der Waals surface area contributed by atoms with E-state index in [1.807, 2.05) is 38.1 Å². The van der Waals surface area contributed by atoms with Gasteiger partial charge in [0, 0.05) is 6.54 Å². The standard InChI is InChI=1S/C20H24N2O5/c1-13-17(14(2)27-21-13)12-26-16-8-6-15(7-9-16)11-19(23)22-10-4-3-5-18(22)20(24)25/h6-9,18H,3-5,10-12H2,1-2H3,(H,24,25)/t18-/m0/s1. The molecule has 2 heterocycles. The number of aromatic nitrogens is 1. The molecule has 7 nitrogen and oxygen atoms in total. The summed E-state index contributed by atoms with van der Waals surface area (Å²) in [4.78, 5) is 25.4. The summed E-state index contributed by atoms with van der Waals surface area (Å²) in [7, 11) is 0. The molecule has 0 aliphatic carbocycles. The zero-order chi connectivity index (χ0) is 19.4. The van der Waals surface area contributed by atoms with Crippen molar-refractivity contribution in [1.82, 2.24) is 10.1 Å². The topological polar surface area (TPSA) is 92.9 Å². The maximum Gasteiger partial charge on any atom is 0.326 e. The van der Waals surface area contributed by atoms with Crippen LogP contribution in [0.5, 0.6) is 5.75 Å². The summed E-state index contributed by atoms with van der Waals surface area (Å²) in [6.07, 6.45) is 2.41. The number of amides is 1. The first kappa shape index (κ1) is 18.9. The van der Waals surface area contributed by atoms with Gasteiger partial charge < -0.3 is 19.3 Å². The van der Waals surface area contributed by atoms with E-state index in [-0.39, 0.29) is 12.3 Å². The SMILES string of the molecule is Cc1noc(C)c1COc1ccc(CC(=O)N2CCCC[C@H]2C(=O)O)cc1. The molecule has 0 radical (unpaired) electrons. The summed E-state index contributed by atoms with van der Waals surface area (Å²) in [5, 5.41) is 13.2. The van der Waals surface area contributed by atoms with Crippen LogP contribution in [0.15, 0.2) is 28.8 Å². The molecule has 1 aromatic heterocycles. The van der Waals surface area contributed by atoms with Crippen molar-refractivity contribution in [2.24, 2.45) is 0 Å². The van der Waals surface area contributed by atoms with Crippen LogP contribution < -0.4 is 4.74 Å². The Balaban J connectivity index is 1.58. The maximum atomic E-state index is 12.5. The number of carbonyl (C=O) groups is 2. The van der Waals surface area contributed by atoms with Gasteiger partial charge >= 0.3 is 5.97 Å². The van der Waals surface area contributed by atoms with Gasteiger partial charge in [0.05, 0.1) is 17.7 Å². The number of carboxylic acid groups (broad SMARTS) is 1. The number of aliphatic carboxylic acids is 1. The van der Waals surface area contributed by atoms with Gasteiger partial charge in [-0.1, -0.05) is 17.3 Å². The first-order valence-electron chi connectivity index (χ1n) is 9.11. The molecule has 3 rings (SSSR count). The molecule has 1 aromatic carbocycles. The minimum Gasteiger partial charge on any atom is -0.489 e. The molecule has 0 saturated carbocycles. The Bertz CT molecular complexity index is 793. The smallest absolute Gasteiger partial charge is 0.326 e. The molecule has 1 amide bonds. The van der Waals surface area contributed by atoms with E-state index in [2.05, 4.69) is 5.16 Å². The molecule has 1 saturated heterocycles. The van der Waals surface area contributed by atoms with Gasteiger partial charge in [0.1, 0.15) is 24.2 Å². The maximum absolute atomic E-state index is 12.5. The molecule has 0 unspecified atom stereocenters. The van der Waals surface area contributed by atoms with Gasteiger partial charge in [0.25, 0.3) is 0 Å². The molecule has 0 bridgehead atoms. The summed E-state index contributed by atoms with van der Waals surface area (Å²) < 4.78 is 10.9. The second-order valence-electron chi connectivity index (χ2n) is 6.85. The molecule has 1 aliphatic heterocycles. The van der Waals surface area contributed by atoms with Crippen molar-refractivity contribution >= 4 is 11.9 Å². The molecule has 1 N–H and O–H groups in total. The van der Waals surface area contributed by atoms with E-state index < -0.39 is 12.0 Å². The van der Waals surface area contributed by atoms with E-state index in [0.29, 0.717) is 25.3 Å². The lowest BCUT2D eigenvalue weighted by Gasteiger charge is -2.33. The minimum atomic E-state index is -0.925. The Morgan fingerprint density at radius 2 is 2.00 bits per heavy atom. The van der Waals surface area contributed by atoms with E-state index >= 15 is 0 Å². The first-order chi connectivity index (χ1) is 13.0. The number of hydrogen-bond donors (Lipinski definition) is 1. The second-order valence-corrected chi connectivity index (χ2v) is 6.85. The highest BCUT2D eigenvalue weighted by molar-refractivity contribution is 5.85. The van der Waals surface area contributed by atoms with Crippen molar-refractivity contribution in [2.45, 2.75) is 52.2 Å². The second kappa shape index (κ2) is 8.24. The number of piperidine rings is 1. The number of carbonyl (C=O) groups excluding carboxylic acids is 1. The predicted molar refractivity (Wildman–Crippen MR) is 97.4 cm³/mol. The lowest BCUT2D eigenvalue weighted by Crippen LogP contribution is -2.48. The summed E-state index contributed by atoms with van der Waals surface area (Å²) >= 11 is 0. The Labute approximate surface area is 157 Å². The third-order valence-corrected chi connectivity index (χ3v) is 4.95. The zero-order valence-corrected chi connectivity index (χ0v) is 15.6. The van der Waals surface area contributed by atoms with Gasteiger partial charge in [-0.15, -0.1) is 0 Å². The minimum absolute atomic E-state index is 0.147. The van der Waals surface area contributed by atoms with Gasteiger partial charge in [0.2, 0.25) is 5.91 Å². The first-order valence-corrected chi connectivity index (χ1v) is 9.11. The van der Waals surface area contributed by atoms with Crippen molar-refractivity contribution < 1.29 is 24.0 Å². The quantitative estimate of drug-likeness (QED) is 0.838. The van der Waals surface area contributed by atoms with Crippen LogP contribution in [0.25, 0.3) is 0 Å². The third kappa shape index (κ3) is 4.48. The zero-order valence-electron chi connectivity index (χ0n) is 15.6. The summed E-state index contributed by atoms with van der Waals surface area (Å²) in [5.74, 6) is 0.356. The van der Waals surface area contributed by atoms with Crippen molar-refractivity contribution in [3.05, 3.63) is 46.8 Å². The van der Waals surface area contributed by atoms with Crippen molar-refractivity contribution in [3.63, 3.8) is 0 Å². The molecule has 144 valence electrons. The van der Waals surface area contributed by atoms with E-state index in [0.717, 1.165) is 35.4 Å². The molecule has 1 aliphatic rings. The monoisotopic (exact) mass is 372 g/mol. The molecular weight excluding hydrogens is 348 g/mol. The van der Waals surface area contributed by atoms with Gasteiger partial charge in [-0.05, 0) is 50.8 Å². The van der Waals surface area contributed by atoms with Crippen LogP contribution in [0, 0.1) is 13.8 Å². The Hall–Kier alpha value is -2.83. The molecule has 1 atom stereocenters.